The molecule has 1 unspecified atom stereocenters. The summed E-state index contributed by atoms with van der Waals surface area (Å²) < 4.78 is 4.54. The van der Waals surface area contributed by atoms with E-state index in [2.05, 4.69) is 18.6 Å². The molecule has 0 fully saturated rings. The molecule has 0 bridgehead atoms. The van der Waals surface area contributed by atoms with E-state index in [1.165, 1.54) is 58.5 Å². The third-order valence-corrected chi connectivity index (χ3v) is 4.12. The van der Waals surface area contributed by atoms with Crippen molar-refractivity contribution >= 4 is 11.9 Å². The summed E-state index contributed by atoms with van der Waals surface area (Å²) in [6.45, 7) is 6.16. The molecule has 0 rings (SSSR count). The number of ether oxygens (including phenoxy) is 1. The van der Waals surface area contributed by atoms with Crippen molar-refractivity contribution in [2.45, 2.75) is 104 Å². The number of aliphatic carboxylic acids is 1. The Balaban J connectivity index is 0. The SMILES string of the molecule is CCCCCCCC(C)C(=O)O.CCCCCCCCC(=O)OC. The summed E-state index contributed by atoms with van der Waals surface area (Å²) in [7, 11) is 1.44. The highest BCUT2D eigenvalue weighted by molar-refractivity contribution is 5.69. The first kappa shape index (κ1) is 25.2. The predicted octanol–water partition coefficient (Wildman–Crippen LogP) is 5.98. The van der Waals surface area contributed by atoms with E-state index in [0.29, 0.717) is 6.42 Å². The van der Waals surface area contributed by atoms with Crippen LogP contribution in [0.3, 0.4) is 0 Å². The Morgan fingerprint density at radius 3 is 1.75 bits per heavy atom. The van der Waals surface area contributed by atoms with E-state index in [4.69, 9.17) is 5.11 Å². The van der Waals surface area contributed by atoms with Gasteiger partial charge in [-0.15, -0.1) is 0 Å². The van der Waals surface area contributed by atoms with Crippen molar-refractivity contribution in [2.75, 3.05) is 7.11 Å². The molecular formula is C20H40O4. The Kier molecular flexibility index (Phi) is 21.0. The molecule has 24 heavy (non-hydrogen) atoms. The van der Waals surface area contributed by atoms with Crippen LogP contribution in [0.15, 0.2) is 0 Å². The monoisotopic (exact) mass is 344 g/mol. The average molecular weight is 345 g/mol. The Labute approximate surface area is 149 Å². The molecule has 0 saturated heterocycles. The summed E-state index contributed by atoms with van der Waals surface area (Å²) in [4.78, 5) is 21.1. The summed E-state index contributed by atoms with van der Waals surface area (Å²) in [5.41, 5.74) is 0. The second-order valence-corrected chi connectivity index (χ2v) is 6.54. The maximum Gasteiger partial charge on any atom is 0.306 e. The highest BCUT2D eigenvalue weighted by Crippen LogP contribution is 2.11. The van der Waals surface area contributed by atoms with E-state index in [9.17, 15) is 9.59 Å². The number of esters is 1. The van der Waals surface area contributed by atoms with Crippen LogP contribution in [0.1, 0.15) is 104 Å². The number of carbonyl (C=O) groups excluding carboxylic acids is 1. The van der Waals surface area contributed by atoms with E-state index >= 15 is 0 Å². The van der Waals surface area contributed by atoms with Gasteiger partial charge in [-0.05, 0) is 12.8 Å². The quantitative estimate of drug-likeness (QED) is 0.311. The zero-order chi connectivity index (χ0) is 18.6. The number of hydrogen-bond acceptors (Lipinski definition) is 3. The zero-order valence-electron chi connectivity index (χ0n) is 16.4. The topological polar surface area (TPSA) is 63.6 Å². The van der Waals surface area contributed by atoms with Crippen LogP contribution >= 0.6 is 0 Å². The van der Waals surface area contributed by atoms with Crippen molar-refractivity contribution in [1.82, 2.24) is 0 Å². The van der Waals surface area contributed by atoms with Gasteiger partial charge in [0.05, 0.1) is 13.0 Å². The summed E-state index contributed by atoms with van der Waals surface area (Å²) in [5.74, 6) is -0.900. The molecule has 0 aliphatic carbocycles. The first-order chi connectivity index (χ1) is 11.5. The second kappa shape index (κ2) is 20.0. The van der Waals surface area contributed by atoms with Gasteiger partial charge in [0.1, 0.15) is 0 Å². The molecule has 0 radical (unpaired) electrons. The largest absolute Gasteiger partial charge is 0.481 e. The highest BCUT2D eigenvalue weighted by Gasteiger charge is 2.08. The Morgan fingerprint density at radius 2 is 1.29 bits per heavy atom. The van der Waals surface area contributed by atoms with E-state index < -0.39 is 5.97 Å². The Morgan fingerprint density at radius 1 is 0.833 bits per heavy atom. The Bertz CT molecular complexity index is 287. The average Bonchev–Trinajstić information content (AvgIpc) is 2.57. The van der Waals surface area contributed by atoms with Crippen molar-refractivity contribution < 1.29 is 19.4 Å². The summed E-state index contributed by atoms with van der Waals surface area (Å²) >= 11 is 0. The van der Waals surface area contributed by atoms with Crippen LogP contribution in [0.4, 0.5) is 0 Å². The molecular weight excluding hydrogens is 304 g/mol. The minimum Gasteiger partial charge on any atom is -0.481 e. The second-order valence-electron chi connectivity index (χ2n) is 6.54. The van der Waals surface area contributed by atoms with Crippen molar-refractivity contribution in [1.29, 1.82) is 0 Å². The maximum atomic E-state index is 10.7. The van der Waals surface area contributed by atoms with Crippen LogP contribution in [0.25, 0.3) is 0 Å². The normalized spacial score (nSPS) is 11.3. The number of carboxylic acid groups (broad SMARTS) is 1. The molecule has 0 aromatic carbocycles. The van der Waals surface area contributed by atoms with Crippen LogP contribution in [0, 0.1) is 5.92 Å². The van der Waals surface area contributed by atoms with E-state index in [-0.39, 0.29) is 11.9 Å². The molecule has 0 aromatic rings. The molecule has 0 heterocycles. The fraction of sp³-hybridized carbons (Fsp3) is 0.900. The number of rotatable bonds is 14. The number of hydrogen-bond donors (Lipinski definition) is 1. The standard InChI is InChI=1S/2C10H20O2/c1-3-4-5-6-7-8-9-10(11)12-2;1-3-4-5-6-7-8-9(2)10(11)12/h3-9H2,1-2H3;9H,3-8H2,1-2H3,(H,11,12). The lowest BCUT2D eigenvalue weighted by Gasteiger charge is -2.04. The molecule has 0 aliphatic rings. The summed E-state index contributed by atoms with van der Waals surface area (Å²) in [6, 6.07) is 0. The summed E-state index contributed by atoms with van der Waals surface area (Å²) in [5, 5.41) is 8.58. The predicted molar refractivity (Wildman–Crippen MR) is 100 cm³/mol. The van der Waals surface area contributed by atoms with E-state index in [0.717, 1.165) is 25.7 Å². The van der Waals surface area contributed by atoms with Crippen molar-refractivity contribution in [3.05, 3.63) is 0 Å². The van der Waals surface area contributed by atoms with Gasteiger partial charge in [-0.3, -0.25) is 9.59 Å². The highest BCUT2D eigenvalue weighted by atomic mass is 16.5. The van der Waals surface area contributed by atoms with Crippen molar-refractivity contribution in [3.8, 4) is 0 Å². The van der Waals surface area contributed by atoms with Crippen molar-refractivity contribution in [2.24, 2.45) is 5.92 Å². The smallest absolute Gasteiger partial charge is 0.306 e. The minimum atomic E-state index is -0.662. The van der Waals surface area contributed by atoms with Gasteiger partial charge < -0.3 is 9.84 Å². The van der Waals surface area contributed by atoms with Gasteiger partial charge in [0.15, 0.2) is 0 Å². The van der Waals surface area contributed by atoms with Crippen LogP contribution < -0.4 is 0 Å². The van der Waals surface area contributed by atoms with E-state index in [1.807, 2.05) is 0 Å². The van der Waals surface area contributed by atoms with Crippen LogP contribution in [0.2, 0.25) is 0 Å². The van der Waals surface area contributed by atoms with Crippen LogP contribution in [-0.4, -0.2) is 24.2 Å². The third kappa shape index (κ3) is 20.9. The molecule has 4 heteroatoms. The van der Waals surface area contributed by atoms with E-state index in [1.54, 1.807) is 6.92 Å². The first-order valence-corrected chi connectivity index (χ1v) is 9.79. The number of carboxylic acids is 1. The molecule has 0 aliphatic heterocycles. The van der Waals surface area contributed by atoms with Gasteiger partial charge in [0.25, 0.3) is 0 Å². The molecule has 0 amide bonds. The minimum absolute atomic E-state index is 0.0782. The maximum absolute atomic E-state index is 10.7. The van der Waals surface area contributed by atoms with Gasteiger partial charge in [0, 0.05) is 6.42 Å². The van der Waals surface area contributed by atoms with Crippen molar-refractivity contribution in [3.63, 3.8) is 0 Å². The number of methoxy groups -OCH3 is 1. The van der Waals surface area contributed by atoms with Gasteiger partial charge >= 0.3 is 11.9 Å². The lowest BCUT2D eigenvalue weighted by Crippen LogP contribution is -2.08. The van der Waals surface area contributed by atoms with Gasteiger partial charge in [-0.25, -0.2) is 0 Å². The number of carbonyl (C=O) groups is 2. The van der Waals surface area contributed by atoms with Gasteiger partial charge in [-0.2, -0.15) is 0 Å². The van der Waals surface area contributed by atoms with Crippen LogP contribution in [0.5, 0.6) is 0 Å². The molecule has 0 spiro atoms. The lowest BCUT2D eigenvalue weighted by atomic mass is 10.0. The molecule has 0 saturated carbocycles. The van der Waals surface area contributed by atoms with Gasteiger partial charge in [0.2, 0.25) is 0 Å². The zero-order valence-corrected chi connectivity index (χ0v) is 16.4. The molecule has 4 nitrogen and oxygen atoms in total. The lowest BCUT2D eigenvalue weighted by molar-refractivity contribution is -0.142. The molecule has 144 valence electrons. The fourth-order valence-corrected chi connectivity index (χ4v) is 2.33. The summed E-state index contributed by atoms with van der Waals surface area (Å²) in [6.07, 6.45) is 14.7. The Hall–Kier alpha value is -1.06. The molecule has 1 atom stereocenters. The third-order valence-electron chi connectivity index (χ3n) is 4.12. The molecule has 1 N–H and O–H groups in total. The first-order valence-electron chi connectivity index (χ1n) is 9.79. The number of unbranched alkanes of at least 4 members (excludes halogenated alkanes) is 9. The fourth-order valence-electron chi connectivity index (χ4n) is 2.33. The van der Waals surface area contributed by atoms with Crippen LogP contribution in [-0.2, 0) is 14.3 Å². The van der Waals surface area contributed by atoms with Gasteiger partial charge in [-0.1, -0.05) is 85.0 Å². The molecule has 0 aromatic heterocycles.